The lowest BCUT2D eigenvalue weighted by Gasteiger charge is -2.13. The summed E-state index contributed by atoms with van der Waals surface area (Å²) in [6, 6.07) is 16.5. The van der Waals surface area contributed by atoms with Gasteiger partial charge in [-0.1, -0.05) is 42.5 Å². The van der Waals surface area contributed by atoms with Crippen molar-refractivity contribution in [1.82, 2.24) is 0 Å². The lowest BCUT2D eigenvalue weighted by atomic mass is 10.00. The van der Waals surface area contributed by atoms with Gasteiger partial charge < -0.3 is 9.47 Å². The Morgan fingerprint density at radius 3 is 2.44 bits per heavy atom. The maximum Gasteiger partial charge on any atom is 0.188 e. The van der Waals surface area contributed by atoms with Gasteiger partial charge in [0.15, 0.2) is 6.79 Å². The van der Waals surface area contributed by atoms with E-state index < -0.39 is 0 Å². The molecule has 0 amide bonds. The van der Waals surface area contributed by atoms with Gasteiger partial charge in [0.1, 0.15) is 5.75 Å². The first kappa shape index (κ1) is 12.7. The molecular formula is C16H18O2. The summed E-state index contributed by atoms with van der Waals surface area (Å²) in [5, 5.41) is 0. The van der Waals surface area contributed by atoms with E-state index in [2.05, 4.69) is 37.3 Å². The molecule has 18 heavy (non-hydrogen) atoms. The average molecular weight is 242 g/mol. The third kappa shape index (κ3) is 3.11. The maximum absolute atomic E-state index is 5.62. The Bertz CT molecular complexity index is 492. The number of rotatable bonds is 5. The second kappa shape index (κ2) is 6.22. The number of ether oxygens (including phenoxy) is 2. The van der Waals surface area contributed by atoms with Crippen molar-refractivity contribution in [2.45, 2.75) is 13.3 Å². The summed E-state index contributed by atoms with van der Waals surface area (Å²) in [6.07, 6.45) is 0.882. The second-order valence-corrected chi connectivity index (χ2v) is 4.26. The van der Waals surface area contributed by atoms with Crippen LogP contribution in [0.3, 0.4) is 0 Å². The van der Waals surface area contributed by atoms with Crippen LogP contribution in [0, 0.1) is 6.92 Å². The highest BCUT2D eigenvalue weighted by Gasteiger charge is 2.07. The van der Waals surface area contributed by atoms with Crippen molar-refractivity contribution in [3.63, 3.8) is 0 Å². The largest absolute Gasteiger partial charge is 0.467 e. The van der Waals surface area contributed by atoms with Crippen LogP contribution in [0.5, 0.6) is 5.75 Å². The topological polar surface area (TPSA) is 18.5 Å². The lowest BCUT2D eigenvalue weighted by molar-refractivity contribution is 0.0504. The zero-order chi connectivity index (χ0) is 12.8. The Labute approximate surface area is 108 Å². The molecule has 2 nitrogen and oxygen atoms in total. The maximum atomic E-state index is 5.62. The van der Waals surface area contributed by atoms with Gasteiger partial charge in [0, 0.05) is 19.1 Å². The summed E-state index contributed by atoms with van der Waals surface area (Å²) in [7, 11) is 1.63. The molecule has 0 radical (unpaired) electrons. The molecule has 0 unspecified atom stereocenters. The van der Waals surface area contributed by atoms with Gasteiger partial charge in [-0.3, -0.25) is 0 Å². The van der Waals surface area contributed by atoms with E-state index in [-0.39, 0.29) is 6.79 Å². The van der Waals surface area contributed by atoms with Gasteiger partial charge in [-0.2, -0.15) is 0 Å². The molecule has 0 spiro atoms. The van der Waals surface area contributed by atoms with Crippen LogP contribution in [0.25, 0.3) is 0 Å². The second-order valence-electron chi connectivity index (χ2n) is 4.26. The molecule has 0 N–H and O–H groups in total. The highest BCUT2D eigenvalue weighted by atomic mass is 16.7. The van der Waals surface area contributed by atoms with E-state index in [4.69, 9.17) is 9.47 Å². The highest BCUT2D eigenvalue weighted by molar-refractivity contribution is 5.42. The molecule has 0 aromatic heterocycles. The predicted molar refractivity (Wildman–Crippen MR) is 72.9 cm³/mol. The van der Waals surface area contributed by atoms with Gasteiger partial charge in [0.05, 0.1) is 0 Å². The Balaban J connectivity index is 2.25. The molecule has 0 fully saturated rings. The summed E-state index contributed by atoms with van der Waals surface area (Å²) in [5.41, 5.74) is 3.75. The molecule has 94 valence electrons. The SMILES string of the molecule is COCOc1cccc(C)c1Cc1ccccc1. The summed E-state index contributed by atoms with van der Waals surface area (Å²) < 4.78 is 10.6. The first-order valence-electron chi connectivity index (χ1n) is 6.05. The summed E-state index contributed by atoms with van der Waals surface area (Å²) in [4.78, 5) is 0. The van der Waals surface area contributed by atoms with Gasteiger partial charge in [0.25, 0.3) is 0 Å². The molecular weight excluding hydrogens is 224 g/mol. The summed E-state index contributed by atoms with van der Waals surface area (Å²) in [6.45, 7) is 2.39. The van der Waals surface area contributed by atoms with E-state index in [1.807, 2.05) is 18.2 Å². The molecule has 0 aliphatic carbocycles. The zero-order valence-electron chi connectivity index (χ0n) is 10.8. The van der Waals surface area contributed by atoms with Crippen molar-refractivity contribution in [3.05, 3.63) is 65.2 Å². The van der Waals surface area contributed by atoms with Crippen LogP contribution in [-0.2, 0) is 11.2 Å². The molecule has 2 rings (SSSR count). The van der Waals surface area contributed by atoms with Crippen LogP contribution < -0.4 is 4.74 Å². The number of methoxy groups -OCH3 is 1. The molecule has 0 saturated heterocycles. The van der Waals surface area contributed by atoms with Gasteiger partial charge >= 0.3 is 0 Å². The summed E-state index contributed by atoms with van der Waals surface area (Å²) >= 11 is 0. The molecule has 2 aromatic rings. The van der Waals surface area contributed by atoms with Gasteiger partial charge in [-0.05, 0) is 24.1 Å². The average Bonchev–Trinajstić information content (AvgIpc) is 2.41. The number of aryl methyl sites for hydroxylation is 1. The monoisotopic (exact) mass is 242 g/mol. The van der Waals surface area contributed by atoms with Crippen LogP contribution >= 0.6 is 0 Å². The number of hydrogen-bond donors (Lipinski definition) is 0. The smallest absolute Gasteiger partial charge is 0.188 e. The summed E-state index contributed by atoms with van der Waals surface area (Å²) in [5.74, 6) is 0.903. The lowest BCUT2D eigenvalue weighted by Crippen LogP contribution is -2.03. The van der Waals surface area contributed by atoms with Crippen molar-refractivity contribution in [3.8, 4) is 5.75 Å². The van der Waals surface area contributed by atoms with Crippen LogP contribution in [0.2, 0.25) is 0 Å². The molecule has 0 aliphatic heterocycles. The highest BCUT2D eigenvalue weighted by Crippen LogP contribution is 2.25. The minimum Gasteiger partial charge on any atom is -0.467 e. The minimum absolute atomic E-state index is 0.283. The first-order valence-corrected chi connectivity index (χ1v) is 6.05. The Morgan fingerprint density at radius 2 is 1.72 bits per heavy atom. The quantitative estimate of drug-likeness (QED) is 0.746. The number of hydrogen-bond acceptors (Lipinski definition) is 2. The Hall–Kier alpha value is -1.80. The standard InChI is InChI=1S/C16H18O2/c1-13-7-6-10-16(18-12-17-2)15(13)11-14-8-4-3-5-9-14/h3-10H,11-12H2,1-2H3. The fourth-order valence-electron chi connectivity index (χ4n) is 1.96. The molecule has 2 heteroatoms. The van der Waals surface area contributed by atoms with Crippen LogP contribution in [0.1, 0.15) is 16.7 Å². The molecule has 0 heterocycles. The normalized spacial score (nSPS) is 10.3. The van der Waals surface area contributed by atoms with E-state index in [1.165, 1.54) is 16.7 Å². The van der Waals surface area contributed by atoms with Crippen molar-refractivity contribution in [2.75, 3.05) is 13.9 Å². The fourth-order valence-corrected chi connectivity index (χ4v) is 1.96. The predicted octanol–water partition coefficient (Wildman–Crippen LogP) is 3.57. The van der Waals surface area contributed by atoms with Crippen LogP contribution in [0.15, 0.2) is 48.5 Å². The third-order valence-corrected chi connectivity index (χ3v) is 2.92. The van der Waals surface area contributed by atoms with E-state index in [9.17, 15) is 0 Å². The van der Waals surface area contributed by atoms with Gasteiger partial charge in [-0.15, -0.1) is 0 Å². The number of benzene rings is 2. The van der Waals surface area contributed by atoms with E-state index in [0.717, 1.165) is 12.2 Å². The van der Waals surface area contributed by atoms with E-state index >= 15 is 0 Å². The molecule has 0 bridgehead atoms. The molecule has 2 aromatic carbocycles. The Kier molecular flexibility index (Phi) is 4.37. The molecule has 0 saturated carbocycles. The minimum atomic E-state index is 0.283. The third-order valence-electron chi connectivity index (χ3n) is 2.92. The van der Waals surface area contributed by atoms with Crippen molar-refractivity contribution >= 4 is 0 Å². The van der Waals surface area contributed by atoms with Crippen LogP contribution in [-0.4, -0.2) is 13.9 Å². The van der Waals surface area contributed by atoms with Crippen molar-refractivity contribution in [1.29, 1.82) is 0 Å². The fraction of sp³-hybridized carbons (Fsp3) is 0.250. The van der Waals surface area contributed by atoms with Gasteiger partial charge in [0.2, 0.25) is 0 Å². The Morgan fingerprint density at radius 1 is 0.944 bits per heavy atom. The van der Waals surface area contributed by atoms with E-state index in [0.29, 0.717) is 0 Å². The van der Waals surface area contributed by atoms with Crippen LogP contribution in [0.4, 0.5) is 0 Å². The zero-order valence-corrected chi connectivity index (χ0v) is 10.8. The molecule has 0 aliphatic rings. The van der Waals surface area contributed by atoms with Gasteiger partial charge in [-0.25, -0.2) is 0 Å². The molecule has 0 atom stereocenters. The van der Waals surface area contributed by atoms with Crippen molar-refractivity contribution in [2.24, 2.45) is 0 Å². The van der Waals surface area contributed by atoms with E-state index in [1.54, 1.807) is 7.11 Å². The first-order chi connectivity index (χ1) is 8.81. The van der Waals surface area contributed by atoms with Crippen molar-refractivity contribution < 1.29 is 9.47 Å².